The van der Waals surface area contributed by atoms with E-state index in [1.165, 1.54) is 88.6 Å². The highest BCUT2D eigenvalue weighted by Gasteiger charge is 2.21. The van der Waals surface area contributed by atoms with E-state index in [0.717, 1.165) is 122 Å². The number of amides is 1. The van der Waals surface area contributed by atoms with Gasteiger partial charge in [0, 0.05) is 60.5 Å². The standard InChI is InChI=1S/C20H24N4OS.C18H19N3OS.C17H17N3O2S.C8H12N2.CO2/c1-3-10-21-20(25)13-8-9-16-15(11-13)22-18(24(16)2)12-19-23-14-6-4-5-7-17(14)26-19;1-11(22)12-7-8-15-14(9-12)19-17(21(15)2)10-18-20-13-5-3-4-6-16(13)23-18;1-20-13-7-6-10(17(21)22)8-12(13)18-15(20)9-16-19-11-4-2-3-5-14(11)23-16;1-6-3-4-8(10-2)7(9)5-6;2-1-3/h8-9,11H,3-7,10,12H2,1-2H3,(H,21,25);7-9H,3-6,10H2,1-2H3;6-8H,2-5,9H2,1H3,(H,21,22);3-5,10H,9H2,1-2H3;. The van der Waals surface area contributed by atoms with Crippen molar-refractivity contribution in [3.8, 4) is 0 Å². The number of aromatic nitrogens is 9. The van der Waals surface area contributed by atoms with Gasteiger partial charge in [-0.25, -0.2) is 34.7 Å². The van der Waals surface area contributed by atoms with Gasteiger partial charge in [-0.1, -0.05) is 13.0 Å². The molecular weight excluding hydrogens is 1130 g/mol. The van der Waals surface area contributed by atoms with E-state index in [1.807, 2.05) is 130 Å². The summed E-state index contributed by atoms with van der Waals surface area (Å²) in [5, 5.41) is 18.4. The normalized spacial score (nSPS) is 13.1. The summed E-state index contributed by atoms with van der Waals surface area (Å²) >= 11 is 5.47. The molecule has 4 aromatic carbocycles. The molecule has 0 saturated carbocycles. The minimum absolute atomic E-state index is 0.0337. The molecule has 3 aliphatic rings. The van der Waals surface area contributed by atoms with Crippen LogP contribution in [0, 0.1) is 6.92 Å². The Hall–Kier alpha value is -8.23. The second-order valence-electron chi connectivity index (χ2n) is 21.5. The Labute approximate surface area is 506 Å². The van der Waals surface area contributed by atoms with E-state index in [9.17, 15) is 14.4 Å². The van der Waals surface area contributed by atoms with Crippen molar-refractivity contribution in [1.82, 2.24) is 48.9 Å². The number of carboxylic acids is 1. The van der Waals surface area contributed by atoms with Crippen molar-refractivity contribution in [3.63, 3.8) is 0 Å². The Morgan fingerprint density at radius 2 is 0.965 bits per heavy atom. The SMILES string of the molecule is CC(=O)c1ccc2c(c1)nc(Cc1nc3c(s1)CCCC3)n2C.CCCNC(=O)c1ccc2c(c1)nc(Cc1nc3c(s1)CCCC3)n2C.CNc1ccc(C)cc1N.Cn1c(Cc2nc3c(s2)CCCC3)nc2cc(C(=O)O)ccc21.O=C=O. The van der Waals surface area contributed by atoms with E-state index < -0.39 is 5.97 Å². The van der Waals surface area contributed by atoms with Gasteiger partial charge < -0.3 is 35.2 Å². The van der Waals surface area contributed by atoms with Crippen LogP contribution in [0.1, 0.15) is 160 Å². The molecule has 18 nitrogen and oxygen atoms in total. The third-order valence-corrected chi connectivity index (χ3v) is 18.9. The summed E-state index contributed by atoms with van der Waals surface area (Å²) in [6.07, 6.45) is 17.8. The highest BCUT2D eigenvalue weighted by atomic mass is 32.1. The van der Waals surface area contributed by atoms with Gasteiger partial charge >= 0.3 is 12.1 Å². The summed E-state index contributed by atoms with van der Waals surface area (Å²) in [4.78, 5) is 84.0. The van der Waals surface area contributed by atoms with Crippen LogP contribution in [0.15, 0.2) is 72.8 Å². The number of anilines is 2. The molecule has 0 unspecified atom stereocenters. The van der Waals surface area contributed by atoms with Gasteiger partial charge in [0.25, 0.3) is 5.91 Å². The molecule has 442 valence electrons. The fourth-order valence-corrected chi connectivity index (χ4v) is 14.3. The number of fused-ring (bicyclic) bond motifs is 6. The van der Waals surface area contributed by atoms with Gasteiger partial charge in [-0.2, -0.15) is 9.59 Å². The molecule has 0 radical (unpaired) electrons. The fourth-order valence-electron chi connectivity index (χ4n) is 10.8. The van der Waals surface area contributed by atoms with Crippen molar-refractivity contribution >= 4 is 102 Å². The molecule has 0 fully saturated rings. The molecule has 0 spiro atoms. The highest BCUT2D eigenvalue weighted by molar-refractivity contribution is 7.12. The van der Waals surface area contributed by atoms with Crippen molar-refractivity contribution in [2.75, 3.05) is 24.6 Å². The molecule has 85 heavy (non-hydrogen) atoms. The molecule has 3 aliphatic carbocycles. The van der Waals surface area contributed by atoms with Crippen LogP contribution < -0.4 is 16.4 Å². The van der Waals surface area contributed by atoms with Crippen LogP contribution in [0.5, 0.6) is 0 Å². The Bertz CT molecular complexity index is 3860. The van der Waals surface area contributed by atoms with Crippen molar-refractivity contribution in [1.29, 1.82) is 0 Å². The highest BCUT2D eigenvalue weighted by Crippen LogP contribution is 2.32. The number of aromatic carboxylic acids is 1. The summed E-state index contributed by atoms with van der Waals surface area (Å²) < 4.78 is 6.25. The zero-order chi connectivity index (χ0) is 60.3. The topological polar surface area (TPSA) is 248 Å². The summed E-state index contributed by atoms with van der Waals surface area (Å²) in [6.45, 7) is 6.35. The molecule has 0 atom stereocenters. The van der Waals surface area contributed by atoms with E-state index >= 15 is 0 Å². The maximum atomic E-state index is 12.2. The molecule has 0 aliphatic heterocycles. The third kappa shape index (κ3) is 14.8. The predicted octanol–water partition coefficient (Wildman–Crippen LogP) is 11.6. The van der Waals surface area contributed by atoms with Crippen molar-refractivity contribution in [3.05, 3.63) is 159 Å². The molecule has 21 heteroatoms. The van der Waals surface area contributed by atoms with Crippen molar-refractivity contribution in [2.24, 2.45) is 21.1 Å². The lowest BCUT2D eigenvalue weighted by molar-refractivity contribution is -0.191. The van der Waals surface area contributed by atoms with E-state index in [0.29, 0.717) is 24.1 Å². The number of nitrogens with one attached hydrogen (secondary N) is 2. The smallest absolute Gasteiger partial charge is 0.373 e. The predicted molar refractivity (Wildman–Crippen MR) is 337 cm³/mol. The number of hydrogen-bond acceptors (Lipinski definition) is 16. The summed E-state index contributed by atoms with van der Waals surface area (Å²) in [5.41, 5.74) is 19.7. The van der Waals surface area contributed by atoms with E-state index in [2.05, 4.69) is 24.8 Å². The minimum atomic E-state index is -0.924. The first-order valence-electron chi connectivity index (χ1n) is 28.9. The van der Waals surface area contributed by atoms with Gasteiger partial charge in [-0.3, -0.25) is 9.59 Å². The van der Waals surface area contributed by atoms with Crippen LogP contribution in [0.3, 0.4) is 0 Å². The average molecular weight is 1200 g/mol. The minimum Gasteiger partial charge on any atom is -0.478 e. The Balaban J connectivity index is 0.000000138. The molecule has 5 N–H and O–H groups in total. The number of thiazole rings is 3. The lowest BCUT2D eigenvalue weighted by Gasteiger charge is -2.06. The lowest BCUT2D eigenvalue weighted by atomic mass is 10.0. The first kappa shape index (κ1) is 61.3. The fraction of sp³-hybridized carbons (Fsp3) is 0.375. The van der Waals surface area contributed by atoms with E-state index in [-0.39, 0.29) is 23.4 Å². The number of carbonyl (C=O) groups excluding carboxylic acids is 4. The monoisotopic (exact) mass is 1200 g/mol. The lowest BCUT2D eigenvalue weighted by Crippen LogP contribution is -2.23. The number of nitrogens with two attached hydrogens (primary N) is 1. The maximum absolute atomic E-state index is 12.2. The summed E-state index contributed by atoms with van der Waals surface area (Å²) in [6, 6.07) is 22.5. The molecule has 0 saturated heterocycles. The second kappa shape index (κ2) is 28.1. The van der Waals surface area contributed by atoms with Crippen LogP contribution in [0.4, 0.5) is 11.4 Å². The van der Waals surface area contributed by atoms with Crippen LogP contribution in [0.2, 0.25) is 0 Å². The third-order valence-electron chi connectivity index (χ3n) is 15.4. The van der Waals surface area contributed by atoms with Crippen molar-refractivity contribution < 1.29 is 29.1 Å². The molecule has 6 aromatic heterocycles. The molecule has 0 bridgehead atoms. The molecular formula is C64H72N12O6S3. The molecule has 1 amide bonds. The van der Waals surface area contributed by atoms with Crippen LogP contribution >= 0.6 is 34.0 Å². The molecule has 6 heterocycles. The van der Waals surface area contributed by atoms with Gasteiger partial charge in [0.2, 0.25) is 0 Å². The number of ketones is 1. The Kier molecular flexibility index (Phi) is 20.3. The summed E-state index contributed by atoms with van der Waals surface area (Å²) in [5.74, 6) is 2.05. The first-order chi connectivity index (χ1) is 41.0. The summed E-state index contributed by atoms with van der Waals surface area (Å²) in [7, 11) is 7.90. The van der Waals surface area contributed by atoms with Crippen LogP contribution in [0.25, 0.3) is 33.1 Å². The molecule has 10 aromatic rings. The van der Waals surface area contributed by atoms with E-state index in [1.54, 1.807) is 30.4 Å². The number of Topliss-reactive ketones (excluding diaryl/α,β-unsaturated/α-hetero) is 1. The van der Waals surface area contributed by atoms with Gasteiger partial charge in [-0.05, 0) is 170 Å². The maximum Gasteiger partial charge on any atom is 0.373 e. The number of nitrogen functional groups attached to an aromatic ring is 1. The number of benzene rings is 4. The number of aryl methyl sites for hydroxylation is 10. The van der Waals surface area contributed by atoms with Gasteiger partial charge in [0.1, 0.15) is 32.5 Å². The first-order valence-corrected chi connectivity index (χ1v) is 31.3. The number of imidazole rings is 3. The quantitative estimate of drug-likeness (QED) is 0.0656. The van der Waals surface area contributed by atoms with Crippen LogP contribution in [-0.2, 0) is 88.5 Å². The number of rotatable bonds is 12. The zero-order valence-electron chi connectivity index (χ0n) is 49.3. The number of carboxylic acid groups (broad SMARTS) is 1. The molecule has 13 rings (SSSR count). The second-order valence-corrected chi connectivity index (χ2v) is 25.0. The Morgan fingerprint density at radius 1 is 0.576 bits per heavy atom. The van der Waals surface area contributed by atoms with Gasteiger partial charge in [0.15, 0.2) is 5.78 Å². The van der Waals surface area contributed by atoms with Gasteiger partial charge in [0.05, 0.1) is 86.4 Å². The van der Waals surface area contributed by atoms with Crippen molar-refractivity contribution in [2.45, 2.75) is 124 Å². The average Bonchev–Trinajstić information content (AvgIpc) is 3.27. The largest absolute Gasteiger partial charge is 0.478 e. The van der Waals surface area contributed by atoms with E-state index in [4.69, 9.17) is 45.3 Å². The van der Waals surface area contributed by atoms with Gasteiger partial charge in [-0.15, -0.1) is 34.0 Å². The number of carbonyl (C=O) groups is 3. The number of nitrogens with zero attached hydrogens (tertiary/aromatic N) is 9. The van der Waals surface area contributed by atoms with Crippen LogP contribution in [-0.4, -0.2) is 86.1 Å². The zero-order valence-corrected chi connectivity index (χ0v) is 51.7. The number of hydrogen-bond donors (Lipinski definition) is 4. The Morgan fingerprint density at radius 3 is 1.34 bits per heavy atom.